The molecule has 6 rings (SSSR count). The third-order valence-electron chi connectivity index (χ3n) is 9.26. The second-order valence-electron chi connectivity index (χ2n) is 12.8. The van der Waals surface area contributed by atoms with Gasteiger partial charge in [-0.05, 0) is 36.8 Å². The lowest BCUT2D eigenvalue weighted by atomic mass is 9.92. The molecule has 0 aliphatic heterocycles. The molecule has 2 aliphatic rings. The van der Waals surface area contributed by atoms with Gasteiger partial charge in [0, 0.05) is 11.6 Å². The highest BCUT2D eigenvalue weighted by atomic mass is 16.5. The fourth-order valence-electron chi connectivity index (χ4n) is 6.68. The lowest BCUT2D eigenvalue weighted by Crippen LogP contribution is -2.48. The minimum absolute atomic E-state index is 0.112. The number of carbonyl (C=O) groups excluding carboxylic acids is 3. The van der Waals surface area contributed by atoms with Gasteiger partial charge in [0.1, 0.15) is 17.9 Å². The monoisotopic (exact) mass is 648 g/mol. The molecule has 3 aromatic carbocycles. The van der Waals surface area contributed by atoms with E-state index in [1.807, 2.05) is 66.7 Å². The molecule has 0 spiro atoms. The van der Waals surface area contributed by atoms with Gasteiger partial charge in [0.2, 0.25) is 11.7 Å². The van der Waals surface area contributed by atoms with Crippen molar-refractivity contribution in [2.24, 2.45) is 0 Å². The summed E-state index contributed by atoms with van der Waals surface area (Å²) in [6, 6.07) is 29.9. The molecule has 0 unspecified atom stereocenters. The number of amides is 2. The zero-order valence-electron chi connectivity index (χ0n) is 27.3. The Balaban J connectivity index is 1.16. The summed E-state index contributed by atoms with van der Waals surface area (Å²) in [7, 11) is 0. The van der Waals surface area contributed by atoms with E-state index in [9.17, 15) is 14.4 Å². The molecule has 2 fully saturated rings. The van der Waals surface area contributed by atoms with Crippen molar-refractivity contribution in [3.8, 4) is 0 Å². The molecule has 2 aliphatic carbocycles. The molecule has 2 amide bonds. The Bertz CT molecular complexity index is 1640. The van der Waals surface area contributed by atoms with Gasteiger partial charge in [-0.2, -0.15) is 5.10 Å². The SMILES string of the molecule is O=C(Cn1nc(C(=O)c2ccccc2)cc1C(=O)N[C@H]1CCCC[C@@H]1OCc1ccccc1)N[C@H]1CCCC[C@@H]1OCc1ccccc1. The number of nitrogens with one attached hydrogen (secondary N) is 2. The summed E-state index contributed by atoms with van der Waals surface area (Å²) in [6.45, 7) is 0.734. The van der Waals surface area contributed by atoms with Crippen molar-refractivity contribution in [1.29, 1.82) is 0 Å². The zero-order chi connectivity index (χ0) is 33.1. The molecule has 0 bridgehead atoms. The number of benzene rings is 3. The first-order valence-electron chi connectivity index (χ1n) is 17.1. The van der Waals surface area contributed by atoms with Crippen LogP contribution in [0.3, 0.4) is 0 Å². The highest BCUT2D eigenvalue weighted by molar-refractivity contribution is 6.09. The molecule has 1 heterocycles. The van der Waals surface area contributed by atoms with Crippen molar-refractivity contribution in [2.75, 3.05) is 0 Å². The maximum absolute atomic E-state index is 13.9. The molecule has 9 nitrogen and oxygen atoms in total. The van der Waals surface area contributed by atoms with Crippen molar-refractivity contribution in [1.82, 2.24) is 20.4 Å². The van der Waals surface area contributed by atoms with Gasteiger partial charge in [-0.25, -0.2) is 4.68 Å². The van der Waals surface area contributed by atoms with E-state index in [4.69, 9.17) is 9.47 Å². The maximum Gasteiger partial charge on any atom is 0.269 e. The standard InChI is InChI=1S/C39H44N4O5/c44-37(40-31-20-10-12-22-35(31)47-26-28-14-4-1-5-15-28)25-43-34(24-33(42-43)38(45)30-18-8-3-9-19-30)39(46)41-32-21-11-13-23-36(32)48-27-29-16-6-2-7-17-29/h1-9,14-19,24,31-32,35-36H,10-13,20-23,25-27H2,(H,40,44)(H,41,46)/t31-,32-,35-,36-/m0/s1. The highest BCUT2D eigenvalue weighted by Gasteiger charge is 2.31. The van der Waals surface area contributed by atoms with Gasteiger partial charge in [-0.3, -0.25) is 14.4 Å². The minimum Gasteiger partial charge on any atom is -0.371 e. The Morgan fingerprint density at radius 1 is 0.667 bits per heavy atom. The van der Waals surface area contributed by atoms with Crippen LogP contribution in [0.2, 0.25) is 0 Å². The number of ketones is 1. The van der Waals surface area contributed by atoms with Gasteiger partial charge < -0.3 is 20.1 Å². The number of rotatable bonds is 13. The normalized spacial score (nSPS) is 20.9. The van der Waals surface area contributed by atoms with Crippen LogP contribution in [0.15, 0.2) is 97.1 Å². The zero-order valence-corrected chi connectivity index (χ0v) is 27.3. The van der Waals surface area contributed by atoms with Crippen molar-refractivity contribution in [2.45, 2.75) is 95.4 Å². The van der Waals surface area contributed by atoms with E-state index >= 15 is 0 Å². The lowest BCUT2D eigenvalue weighted by molar-refractivity contribution is -0.124. The molecule has 1 aromatic heterocycles. The second-order valence-corrected chi connectivity index (χ2v) is 12.8. The molecule has 4 aromatic rings. The Hall–Kier alpha value is -4.60. The van der Waals surface area contributed by atoms with Gasteiger partial charge in [0.25, 0.3) is 5.91 Å². The number of hydrogen-bond acceptors (Lipinski definition) is 6. The summed E-state index contributed by atoms with van der Waals surface area (Å²) in [5, 5.41) is 10.8. The van der Waals surface area contributed by atoms with Gasteiger partial charge >= 0.3 is 0 Å². The van der Waals surface area contributed by atoms with Crippen LogP contribution in [-0.2, 0) is 34.0 Å². The molecular weight excluding hydrogens is 604 g/mol. The van der Waals surface area contributed by atoms with E-state index in [0.717, 1.165) is 62.5 Å². The van der Waals surface area contributed by atoms with Crippen LogP contribution in [0, 0.1) is 0 Å². The number of hydrogen-bond donors (Lipinski definition) is 2. The minimum atomic E-state index is -0.385. The summed E-state index contributed by atoms with van der Waals surface area (Å²) in [5.74, 6) is -0.982. The lowest BCUT2D eigenvalue weighted by Gasteiger charge is -2.32. The average molecular weight is 649 g/mol. The fraction of sp³-hybridized carbons (Fsp3) is 0.385. The van der Waals surface area contributed by atoms with Crippen LogP contribution in [0.5, 0.6) is 0 Å². The smallest absolute Gasteiger partial charge is 0.269 e. The Morgan fingerprint density at radius 3 is 1.73 bits per heavy atom. The summed E-state index contributed by atoms with van der Waals surface area (Å²) in [5.41, 5.74) is 2.90. The topological polar surface area (TPSA) is 112 Å². The number of carbonyl (C=O) groups is 3. The van der Waals surface area contributed by atoms with Crippen LogP contribution in [0.4, 0.5) is 0 Å². The van der Waals surface area contributed by atoms with Crippen molar-refractivity contribution in [3.63, 3.8) is 0 Å². The first-order chi connectivity index (χ1) is 23.5. The van der Waals surface area contributed by atoms with Crippen LogP contribution >= 0.6 is 0 Å². The van der Waals surface area contributed by atoms with Crippen molar-refractivity contribution < 1.29 is 23.9 Å². The van der Waals surface area contributed by atoms with Crippen LogP contribution in [-0.4, -0.2) is 51.7 Å². The predicted molar refractivity (Wildman–Crippen MR) is 182 cm³/mol. The third kappa shape index (κ3) is 8.85. The van der Waals surface area contributed by atoms with E-state index in [1.165, 1.54) is 10.7 Å². The Morgan fingerprint density at radius 2 is 1.17 bits per heavy atom. The Labute approximate surface area is 282 Å². The number of nitrogens with zero attached hydrogens (tertiary/aromatic N) is 2. The molecule has 0 radical (unpaired) electrons. The van der Waals surface area contributed by atoms with Gasteiger partial charge in [0.15, 0.2) is 0 Å². The van der Waals surface area contributed by atoms with Crippen molar-refractivity contribution in [3.05, 3.63) is 125 Å². The summed E-state index contributed by atoms with van der Waals surface area (Å²) < 4.78 is 13.9. The van der Waals surface area contributed by atoms with Gasteiger partial charge in [0.05, 0.1) is 37.5 Å². The quantitative estimate of drug-likeness (QED) is 0.172. The number of aromatic nitrogens is 2. The van der Waals surface area contributed by atoms with Gasteiger partial charge in [-0.15, -0.1) is 0 Å². The van der Waals surface area contributed by atoms with E-state index in [2.05, 4.69) is 15.7 Å². The van der Waals surface area contributed by atoms with Crippen LogP contribution in [0.25, 0.3) is 0 Å². The van der Waals surface area contributed by atoms with Crippen molar-refractivity contribution >= 4 is 17.6 Å². The largest absolute Gasteiger partial charge is 0.371 e. The maximum atomic E-state index is 13.9. The van der Waals surface area contributed by atoms with Crippen LogP contribution in [0.1, 0.15) is 89.0 Å². The highest BCUT2D eigenvalue weighted by Crippen LogP contribution is 2.24. The molecule has 2 N–H and O–H groups in total. The molecule has 9 heteroatoms. The molecule has 4 atom stereocenters. The first-order valence-corrected chi connectivity index (χ1v) is 17.1. The second kappa shape index (κ2) is 16.5. The average Bonchev–Trinajstić information content (AvgIpc) is 3.55. The van der Waals surface area contributed by atoms with E-state index in [0.29, 0.717) is 18.8 Å². The van der Waals surface area contributed by atoms with E-state index in [-0.39, 0.29) is 59.8 Å². The molecule has 48 heavy (non-hydrogen) atoms. The summed E-state index contributed by atoms with van der Waals surface area (Å²) >= 11 is 0. The first kappa shape index (κ1) is 33.3. The van der Waals surface area contributed by atoms with E-state index in [1.54, 1.807) is 24.3 Å². The van der Waals surface area contributed by atoms with Crippen LogP contribution < -0.4 is 10.6 Å². The third-order valence-corrected chi connectivity index (χ3v) is 9.26. The Kier molecular flexibility index (Phi) is 11.4. The van der Waals surface area contributed by atoms with E-state index < -0.39 is 0 Å². The molecule has 0 saturated heterocycles. The number of ether oxygens (including phenoxy) is 2. The summed E-state index contributed by atoms with van der Waals surface area (Å²) in [4.78, 5) is 40.8. The predicted octanol–water partition coefficient (Wildman–Crippen LogP) is 6.02. The molecule has 2 saturated carbocycles. The summed E-state index contributed by atoms with van der Waals surface area (Å²) in [6.07, 6.45) is 7.06. The molecular formula is C39H44N4O5. The fourth-order valence-corrected chi connectivity index (χ4v) is 6.68. The van der Waals surface area contributed by atoms with Gasteiger partial charge in [-0.1, -0.05) is 117 Å². The molecule has 250 valence electrons.